The minimum Gasteiger partial charge on any atom is -0.481 e. The second kappa shape index (κ2) is 5.18. The Kier molecular flexibility index (Phi) is 4.11. The zero-order valence-corrected chi connectivity index (χ0v) is 10.5. The SMILES string of the molecule is Cc1cccc(C)c1NS(=O)(=O)CCC(=O)O. The minimum absolute atomic E-state index is 0.403. The summed E-state index contributed by atoms with van der Waals surface area (Å²) in [5.41, 5.74) is 2.14. The van der Waals surface area contributed by atoms with E-state index < -0.39 is 28.2 Å². The summed E-state index contributed by atoms with van der Waals surface area (Å²) in [5, 5.41) is 8.46. The van der Waals surface area contributed by atoms with Gasteiger partial charge in [0.2, 0.25) is 10.0 Å². The molecule has 1 aromatic carbocycles. The molecule has 94 valence electrons. The van der Waals surface area contributed by atoms with Gasteiger partial charge in [0.15, 0.2) is 0 Å². The first-order chi connectivity index (χ1) is 7.82. The van der Waals surface area contributed by atoms with E-state index in [9.17, 15) is 13.2 Å². The molecule has 0 saturated heterocycles. The number of sulfonamides is 1. The molecule has 0 saturated carbocycles. The number of para-hydroxylation sites is 1. The molecule has 0 fully saturated rings. The van der Waals surface area contributed by atoms with Crippen molar-refractivity contribution in [3.05, 3.63) is 29.3 Å². The van der Waals surface area contributed by atoms with Crippen molar-refractivity contribution in [3.8, 4) is 0 Å². The maximum atomic E-state index is 11.6. The molecule has 0 aliphatic rings. The molecule has 0 amide bonds. The maximum absolute atomic E-state index is 11.6. The van der Waals surface area contributed by atoms with Crippen LogP contribution in [0.25, 0.3) is 0 Å². The molecule has 5 nitrogen and oxygen atoms in total. The van der Waals surface area contributed by atoms with Crippen LogP contribution in [0.3, 0.4) is 0 Å². The number of benzene rings is 1. The number of rotatable bonds is 5. The number of aryl methyl sites for hydroxylation is 2. The van der Waals surface area contributed by atoms with Crippen LogP contribution in [0, 0.1) is 13.8 Å². The standard InChI is InChI=1S/C11H15NO4S/c1-8-4-3-5-9(2)11(8)12-17(15,16)7-6-10(13)14/h3-5,12H,6-7H2,1-2H3,(H,13,14). The predicted molar refractivity (Wildman–Crippen MR) is 65.6 cm³/mol. The molecule has 1 aromatic rings. The average Bonchev–Trinajstić information content (AvgIpc) is 2.21. The Hall–Kier alpha value is -1.56. The second-order valence-electron chi connectivity index (χ2n) is 3.83. The highest BCUT2D eigenvalue weighted by Crippen LogP contribution is 2.20. The van der Waals surface area contributed by atoms with Crippen LogP contribution in [0.4, 0.5) is 5.69 Å². The molecule has 17 heavy (non-hydrogen) atoms. The third kappa shape index (κ3) is 4.07. The predicted octanol–water partition coefficient (Wildman–Crippen LogP) is 1.52. The normalized spacial score (nSPS) is 11.2. The molecule has 0 radical (unpaired) electrons. The zero-order valence-electron chi connectivity index (χ0n) is 9.73. The van der Waals surface area contributed by atoms with Gasteiger partial charge in [0.25, 0.3) is 0 Å². The highest BCUT2D eigenvalue weighted by atomic mass is 32.2. The van der Waals surface area contributed by atoms with Gasteiger partial charge in [-0.15, -0.1) is 0 Å². The van der Waals surface area contributed by atoms with Crippen molar-refractivity contribution < 1.29 is 18.3 Å². The first-order valence-electron chi connectivity index (χ1n) is 5.10. The number of hydrogen-bond donors (Lipinski definition) is 2. The molecule has 2 N–H and O–H groups in total. The summed E-state index contributed by atoms with van der Waals surface area (Å²) >= 11 is 0. The molecule has 0 unspecified atom stereocenters. The summed E-state index contributed by atoms with van der Waals surface area (Å²) in [6.07, 6.45) is -0.403. The molecular formula is C11H15NO4S. The Bertz CT molecular complexity index is 502. The van der Waals surface area contributed by atoms with E-state index in [0.29, 0.717) is 5.69 Å². The number of nitrogens with one attached hydrogen (secondary N) is 1. The van der Waals surface area contributed by atoms with E-state index in [2.05, 4.69) is 4.72 Å². The Labute approximate surface area is 101 Å². The first-order valence-corrected chi connectivity index (χ1v) is 6.75. The number of hydrogen-bond acceptors (Lipinski definition) is 3. The van der Waals surface area contributed by atoms with Crippen LogP contribution in [0.15, 0.2) is 18.2 Å². The number of carboxylic acid groups (broad SMARTS) is 1. The molecule has 0 aliphatic carbocycles. The van der Waals surface area contributed by atoms with Crippen LogP contribution in [0.2, 0.25) is 0 Å². The molecule has 0 heterocycles. The van der Waals surface area contributed by atoms with E-state index in [-0.39, 0.29) is 0 Å². The molecule has 0 aromatic heterocycles. The summed E-state index contributed by atoms with van der Waals surface area (Å²) < 4.78 is 25.7. The molecule has 1 rings (SSSR count). The summed E-state index contributed by atoms with van der Waals surface area (Å²) in [5.74, 6) is -1.55. The minimum atomic E-state index is -3.61. The fourth-order valence-corrected chi connectivity index (χ4v) is 2.58. The maximum Gasteiger partial charge on any atom is 0.304 e. The largest absolute Gasteiger partial charge is 0.481 e. The van der Waals surface area contributed by atoms with Crippen LogP contribution < -0.4 is 4.72 Å². The van der Waals surface area contributed by atoms with E-state index in [1.165, 1.54) is 0 Å². The fourth-order valence-electron chi connectivity index (χ4n) is 1.40. The van der Waals surface area contributed by atoms with Gasteiger partial charge < -0.3 is 5.11 Å². The van der Waals surface area contributed by atoms with E-state index in [4.69, 9.17) is 5.11 Å². The van der Waals surface area contributed by atoms with Gasteiger partial charge in [-0.2, -0.15) is 0 Å². The molecule has 0 spiro atoms. The summed E-state index contributed by atoms with van der Waals surface area (Å²) in [6.45, 7) is 3.59. The van der Waals surface area contributed by atoms with Crippen molar-refractivity contribution >= 4 is 21.7 Å². The van der Waals surface area contributed by atoms with Gasteiger partial charge in [-0.1, -0.05) is 18.2 Å². The van der Waals surface area contributed by atoms with Crippen LogP contribution in [0.1, 0.15) is 17.5 Å². The summed E-state index contributed by atoms with van der Waals surface area (Å²) in [7, 11) is -3.61. The zero-order chi connectivity index (χ0) is 13.1. The van der Waals surface area contributed by atoms with Crippen molar-refractivity contribution in [3.63, 3.8) is 0 Å². The number of aliphatic carboxylic acids is 1. The topological polar surface area (TPSA) is 83.5 Å². The first kappa shape index (κ1) is 13.5. The van der Waals surface area contributed by atoms with E-state index in [0.717, 1.165) is 11.1 Å². The van der Waals surface area contributed by atoms with Gasteiger partial charge in [0.05, 0.1) is 17.9 Å². The quantitative estimate of drug-likeness (QED) is 0.837. The third-order valence-corrected chi connectivity index (χ3v) is 3.58. The molecule has 0 atom stereocenters. The van der Waals surface area contributed by atoms with Crippen molar-refractivity contribution in [1.82, 2.24) is 0 Å². The number of anilines is 1. The lowest BCUT2D eigenvalue weighted by atomic mass is 10.1. The van der Waals surface area contributed by atoms with Gasteiger partial charge in [0, 0.05) is 0 Å². The lowest BCUT2D eigenvalue weighted by Gasteiger charge is -2.12. The molecular weight excluding hydrogens is 242 g/mol. The van der Waals surface area contributed by atoms with Crippen molar-refractivity contribution in [1.29, 1.82) is 0 Å². The molecule has 0 aliphatic heterocycles. The van der Waals surface area contributed by atoms with Crippen LogP contribution in [-0.4, -0.2) is 25.2 Å². The Balaban J connectivity index is 2.87. The number of carboxylic acids is 1. The molecule has 0 bridgehead atoms. The van der Waals surface area contributed by atoms with Gasteiger partial charge in [0.1, 0.15) is 0 Å². The Morgan fingerprint density at radius 2 is 1.82 bits per heavy atom. The van der Waals surface area contributed by atoms with Gasteiger partial charge >= 0.3 is 5.97 Å². The van der Waals surface area contributed by atoms with E-state index in [1.54, 1.807) is 26.0 Å². The lowest BCUT2D eigenvalue weighted by Crippen LogP contribution is -2.20. The van der Waals surface area contributed by atoms with Crippen LogP contribution in [-0.2, 0) is 14.8 Å². The monoisotopic (exact) mass is 257 g/mol. The van der Waals surface area contributed by atoms with Crippen molar-refractivity contribution in [2.45, 2.75) is 20.3 Å². The highest BCUT2D eigenvalue weighted by Gasteiger charge is 2.14. The van der Waals surface area contributed by atoms with Crippen molar-refractivity contribution in [2.24, 2.45) is 0 Å². The average molecular weight is 257 g/mol. The Morgan fingerprint density at radius 1 is 1.29 bits per heavy atom. The van der Waals surface area contributed by atoms with Gasteiger partial charge in [-0.3, -0.25) is 9.52 Å². The van der Waals surface area contributed by atoms with Gasteiger partial charge in [-0.25, -0.2) is 8.42 Å². The van der Waals surface area contributed by atoms with Crippen LogP contribution >= 0.6 is 0 Å². The van der Waals surface area contributed by atoms with E-state index in [1.807, 2.05) is 6.07 Å². The van der Waals surface area contributed by atoms with Crippen LogP contribution in [0.5, 0.6) is 0 Å². The lowest BCUT2D eigenvalue weighted by molar-refractivity contribution is -0.136. The fraction of sp³-hybridized carbons (Fsp3) is 0.364. The van der Waals surface area contributed by atoms with E-state index >= 15 is 0 Å². The second-order valence-corrected chi connectivity index (χ2v) is 5.67. The highest BCUT2D eigenvalue weighted by molar-refractivity contribution is 7.92. The smallest absolute Gasteiger partial charge is 0.304 e. The Morgan fingerprint density at radius 3 is 2.29 bits per heavy atom. The van der Waals surface area contributed by atoms with Crippen molar-refractivity contribution in [2.75, 3.05) is 10.5 Å². The van der Waals surface area contributed by atoms with Gasteiger partial charge in [-0.05, 0) is 25.0 Å². The molecule has 6 heteroatoms. The summed E-state index contributed by atoms with van der Waals surface area (Å²) in [6, 6.07) is 5.42. The third-order valence-electron chi connectivity index (χ3n) is 2.32. The summed E-state index contributed by atoms with van der Waals surface area (Å²) in [4.78, 5) is 10.3. The number of carbonyl (C=O) groups is 1.